The van der Waals surface area contributed by atoms with Crippen molar-refractivity contribution in [3.63, 3.8) is 0 Å². The van der Waals surface area contributed by atoms with E-state index < -0.39 is 0 Å². The van der Waals surface area contributed by atoms with E-state index in [9.17, 15) is 4.79 Å². The van der Waals surface area contributed by atoms with Gasteiger partial charge in [-0.25, -0.2) is 4.79 Å². The number of urea groups is 1. The van der Waals surface area contributed by atoms with E-state index >= 15 is 0 Å². The Balaban J connectivity index is 1.45. The van der Waals surface area contributed by atoms with Crippen LogP contribution in [-0.2, 0) is 17.7 Å². The first kappa shape index (κ1) is 16.8. The van der Waals surface area contributed by atoms with Gasteiger partial charge < -0.3 is 19.9 Å². The number of nitrogens with one attached hydrogen (secondary N) is 2. The van der Waals surface area contributed by atoms with Gasteiger partial charge in [-0.05, 0) is 18.8 Å². The summed E-state index contributed by atoms with van der Waals surface area (Å²) in [4.78, 5) is 12.7. The summed E-state index contributed by atoms with van der Waals surface area (Å²) >= 11 is 0. The van der Waals surface area contributed by atoms with Crippen LogP contribution >= 0.6 is 0 Å². The van der Waals surface area contributed by atoms with Crippen molar-refractivity contribution in [2.45, 2.75) is 71.7 Å². The Labute approximate surface area is 148 Å². The molecule has 2 aliphatic heterocycles. The van der Waals surface area contributed by atoms with Crippen LogP contribution in [0.25, 0.3) is 0 Å². The van der Waals surface area contributed by atoms with Crippen molar-refractivity contribution in [1.82, 2.24) is 25.4 Å². The number of aromatic nitrogens is 3. The van der Waals surface area contributed by atoms with E-state index in [2.05, 4.69) is 53.1 Å². The molecule has 3 heterocycles. The third kappa shape index (κ3) is 2.63. The molecule has 7 heteroatoms. The molecule has 2 N–H and O–H groups in total. The van der Waals surface area contributed by atoms with Crippen LogP contribution in [0.1, 0.15) is 58.2 Å². The fourth-order valence-corrected chi connectivity index (χ4v) is 4.87. The Bertz CT molecular complexity index is 668. The fraction of sp³-hybridized carbons (Fsp3) is 0.833. The highest BCUT2D eigenvalue weighted by Crippen LogP contribution is 2.52. The van der Waals surface area contributed by atoms with Crippen LogP contribution in [0.3, 0.4) is 0 Å². The van der Waals surface area contributed by atoms with Crippen molar-refractivity contribution in [2.75, 3.05) is 6.61 Å². The SMILES string of the molecule is CC(C)C(NC(=O)NC1C2CCOC2C1(C)C)c1nnc2n1CCC2. The van der Waals surface area contributed by atoms with Gasteiger partial charge in [0.15, 0.2) is 5.82 Å². The molecular formula is C18H29N5O2. The largest absolute Gasteiger partial charge is 0.377 e. The molecule has 0 radical (unpaired) electrons. The Hall–Kier alpha value is -1.63. The van der Waals surface area contributed by atoms with Gasteiger partial charge in [-0.1, -0.05) is 27.7 Å². The van der Waals surface area contributed by atoms with Crippen LogP contribution in [0.5, 0.6) is 0 Å². The number of rotatable bonds is 4. The molecule has 0 bridgehead atoms. The lowest BCUT2D eigenvalue weighted by atomic mass is 9.57. The number of carbonyl (C=O) groups is 1. The number of nitrogens with zero attached hydrogens (tertiary/aromatic N) is 3. The molecular weight excluding hydrogens is 318 g/mol. The second-order valence-electron chi connectivity index (χ2n) is 8.61. The van der Waals surface area contributed by atoms with E-state index in [1.807, 2.05) is 0 Å². The minimum absolute atomic E-state index is 0.0120. The molecule has 1 aromatic rings. The summed E-state index contributed by atoms with van der Waals surface area (Å²) in [5.74, 6) is 2.61. The first-order valence-electron chi connectivity index (χ1n) is 9.50. The lowest BCUT2D eigenvalue weighted by Crippen LogP contribution is -2.67. The standard InChI is InChI=1S/C18H29N5O2/c1-10(2)13(16-22-21-12-6-5-8-23(12)16)19-17(24)20-14-11-7-9-25-15(11)18(14,3)4/h10-11,13-15H,5-9H2,1-4H3,(H2,19,20,24). The molecule has 7 nitrogen and oxygen atoms in total. The molecule has 3 aliphatic rings. The maximum Gasteiger partial charge on any atom is 0.315 e. The van der Waals surface area contributed by atoms with Gasteiger partial charge in [0, 0.05) is 36.9 Å². The number of aryl methyl sites for hydroxylation is 1. The molecule has 25 heavy (non-hydrogen) atoms. The van der Waals surface area contributed by atoms with Crippen molar-refractivity contribution >= 4 is 6.03 Å². The number of hydrogen-bond donors (Lipinski definition) is 2. The summed E-state index contributed by atoms with van der Waals surface area (Å²) in [6, 6.07) is -0.0763. The Morgan fingerprint density at radius 1 is 1.36 bits per heavy atom. The summed E-state index contributed by atoms with van der Waals surface area (Å²) in [6.45, 7) is 10.3. The zero-order valence-electron chi connectivity index (χ0n) is 15.6. The highest BCUT2D eigenvalue weighted by Gasteiger charge is 2.59. The highest BCUT2D eigenvalue weighted by molar-refractivity contribution is 5.75. The van der Waals surface area contributed by atoms with E-state index in [-0.39, 0.29) is 35.6 Å². The van der Waals surface area contributed by atoms with Gasteiger partial charge in [0.2, 0.25) is 0 Å². The van der Waals surface area contributed by atoms with Crippen LogP contribution in [0.2, 0.25) is 0 Å². The number of carbonyl (C=O) groups excluding carboxylic acids is 1. The quantitative estimate of drug-likeness (QED) is 0.873. The number of fused-ring (bicyclic) bond motifs is 2. The molecule has 4 unspecified atom stereocenters. The molecule has 138 valence electrons. The van der Waals surface area contributed by atoms with E-state index in [0.717, 1.165) is 44.1 Å². The van der Waals surface area contributed by atoms with Gasteiger partial charge in [0.25, 0.3) is 0 Å². The van der Waals surface area contributed by atoms with Crippen LogP contribution in [0, 0.1) is 17.3 Å². The third-order valence-corrected chi connectivity index (χ3v) is 6.26. The van der Waals surface area contributed by atoms with Crippen LogP contribution in [-0.4, -0.2) is 39.5 Å². The number of hydrogen-bond acceptors (Lipinski definition) is 4. The van der Waals surface area contributed by atoms with Gasteiger partial charge >= 0.3 is 6.03 Å². The van der Waals surface area contributed by atoms with Gasteiger partial charge in [-0.15, -0.1) is 10.2 Å². The Morgan fingerprint density at radius 3 is 2.92 bits per heavy atom. The molecule has 2 fully saturated rings. The molecule has 1 aromatic heterocycles. The van der Waals surface area contributed by atoms with E-state index in [1.54, 1.807) is 0 Å². The zero-order valence-corrected chi connectivity index (χ0v) is 15.6. The monoisotopic (exact) mass is 347 g/mol. The summed E-state index contributed by atoms with van der Waals surface area (Å²) < 4.78 is 7.98. The first-order valence-corrected chi connectivity index (χ1v) is 9.50. The maximum absolute atomic E-state index is 12.7. The lowest BCUT2D eigenvalue weighted by molar-refractivity contribution is -0.108. The van der Waals surface area contributed by atoms with Crippen molar-refractivity contribution in [1.29, 1.82) is 0 Å². The molecule has 4 atom stereocenters. The van der Waals surface area contributed by atoms with Gasteiger partial charge in [0.05, 0.1) is 12.1 Å². The number of ether oxygens (including phenoxy) is 1. The molecule has 4 rings (SSSR count). The summed E-state index contributed by atoms with van der Waals surface area (Å²) in [5.41, 5.74) is -0.0120. The second kappa shape index (κ2) is 5.97. The summed E-state index contributed by atoms with van der Waals surface area (Å²) in [7, 11) is 0. The van der Waals surface area contributed by atoms with Crippen molar-refractivity contribution < 1.29 is 9.53 Å². The second-order valence-corrected chi connectivity index (χ2v) is 8.61. The molecule has 0 aromatic carbocycles. The molecule has 0 spiro atoms. The predicted octanol–water partition coefficient (Wildman–Crippen LogP) is 2.03. The average molecular weight is 347 g/mol. The van der Waals surface area contributed by atoms with Gasteiger partial charge in [-0.2, -0.15) is 0 Å². The molecule has 1 aliphatic carbocycles. The topological polar surface area (TPSA) is 81.1 Å². The fourth-order valence-electron chi connectivity index (χ4n) is 4.87. The lowest BCUT2D eigenvalue weighted by Gasteiger charge is -2.54. The first-order chi connectivity index (χ1) is 11.9. The third-order valence-electron chi connectivity index (χ3n) is 6.26. The molecule has 1 saturated heterocycles. The molecule has 1 saturated carbocycles. The highest BCUT2D eigenvalue weighted by atomic mass is 16.5. The van der Waals surface area contributed by atoms with Crippen molar-refractivity contribution in [3.05, 3.63) is 11.6 Å². The normalized spacial score (nSPS) is 30.5. The zero-order chi connectivity index (χ0) is 17.8. The van der Waals surface area contributed by atoms with Gasteiger partial charge in [0.1, 0.15) is 5.82 Å². The Morgan fingerprint density at radius 2 is 2.16 bits per heavy atom. The molecule has 2 amide bonds. The van der Waals surface area contributed by atoms with Crippen LogP contribution in [0.15, 0.2) is 0 Å². The van der Waals surface area contributed by atoms with E-state index in [4.69, 9.17) is 4.74 Å². The summed E-state index contributed by atoms with van der Waals surface area (Å²) in [5, 5.41) is 15.0. The Kier molecular flexibility index (Phi) is 4.02. The minimum atomic E-state index is -0.127. The van der Waals surface area contributed by atoms with Gasteiger partial charge in [-0.3, -0.25) is 0 Å². The van der Waals surface area contributed by atoms with Crippen LogP contribution in [0.4, 0.5) is 4.79 Å². The number of amides is 2. The van der Waals surface area contributed by atoms with Crippen LogP contribution < -0.4 is 10.6 Å². The van der Waals surface area contributed by atoms with Crippen molar-refractivity contribution in [2.24, 2.45) is 17.3 Å². The predicted molar refractivity (Wildman–Crippen MR) is 93.0 cm³/mol. The summed E-state index contributed by atoms with van der Waals surface area (Å²) in [6.07, 6.45) is 3.39. The van der Waals surface area contributed by atoms with E-state index in [0.29, 0.717) is 5.92 Å². The smallest absolute Gasteiger partial charge is 0.315 e. The minimum Gasteiger partial charge on any atom is -0.377 e. The maximum atomic E-state index is 12.7. The van der Waals surface area contributed by atoms with Crippen molar-refractivity contribution in [3.8, 4) is 0 Å². The average Bonchev–Trinajstić information content (AvgIpc) is 3.25. The van der Waals surface area contributed by atoms with E-state index in [1.165, 1.54) is 0 Å².